The smallest absolute Gasteiger partial charge is 0.319 e. The minimum atomic E-state index is -4.06. The molecule has 2 rings (SSSR count). The Morgan fingerprint density at radius 2 is 1.77 bits per heavy atom. The number of piperazine rings is 1. The molecule has 0 aromatic carbocycles. The molecule has 2 heterocycles. The Labute approximate surface area is 126 Å². The highest BCUT2D eigenvalue weighted by Gasteiger charge is 2.43. The van der Waals surface area contributed by atoms with Crippen LogP contribution in [-0.2, 0) is 14.6 Å². The van der Waals surface area contributed by atoms with Crippen molar-refractivity contribution in [2.24, 2.45) is 5.92 Å². The van der Waals surface area contributed by atoms with E-state index in [4.69, 9.17) is 0 Å². The first-order valence-electron chi connectivity index (χ1n) is 6.98. The number of sulfone groups is 1. The Hall–Kier alpha value is -0.900. The van der Waals surface area contributed by atoms with Crippen LogP contribution in [0.2, 0.25) is 0 Å². The van der Waals surface area contributed by atoms with E-state index >= 15 is 0 Å². The maximum atomic E-state index is 13.0. The van der Waals surface area contributed by atoms with Crippen LogP contribution < -0.4 is 0 Å². The molecule has 0 saturated carbocycles. The van der Waals surface area contributed by atoms with Crippen LogP contribution in [-0.4, -0.2) is 80.7 Å². The minimum Gasteiger partial charge on any atom is -0.340 e. The summed E-state index contributed by atoms with van der Waals surface area (Å²) < 4.78 is 73.0. The van der Waals surface area contributed by atoms with Crippen LogP contribution in [0.3, 0.4) is 0 Å². The van der Waals surface area contributed by atoms with Crippen LogP contribution >= 0.6 is 0 Å². The van der Waals surface area contributed by atoms with Gasteiger partial charge in [-0.3, -0.25) is 9.69 Å². The number of hydrogen-bond donors (Lipinski definition) is 0. The molecule has 0 aromatic heterocycles. The maximum absolute atomic E-state index is 13.0. The van der Waals surface area contributed by atoms with Gasteiger partial charge in [0.05, 0.1) is 24.0 Å². The first-order chi connectivity index (χ1) is 10.1. The molecule has 0 aliphatic carbocycles. The molecule has 0 radical (unpaired) electrons. The molecule has 2 aliphatic rings. The van der Waals surface area contributed by atoms with Gasteiger partial charge in [0.25, 0.3) is 0 Å². The predicted molar refractivity (Wildman–Crippen MR) is 70.7 cm³/mol. The summed E-state index contributed by atoms with van der Waals surface area (Å²) in [7, 11) is -3.16. The molecule has 1 amide bonds. The second-order valence-electron chi connectivity index (χ2n) is 5.76. The summed E-state index contributed by atoms with van der Waals surface area (Å²) in [6.45, 7) is -0.588. The standard InChI is InChI=1S/C12H18F4N2O3S/c13-11(14)12(15,16)8-17-2-4-18(5-3-17)10(19)9-1-6-22(20,21)7-9/h9,11H,1-8H2. The minimum absolute atomic E-state index is 0.00994. The molecule has 0 aromatic rings. The first kappa shape index (κ1) is 17.5. The Kier molecular flexibility index (Phi) is 5.00. The Balaban J connectivity index is 1.84. The third-order valence-corrected chi connectivity index (χ3v) is 5.79. The normalized spacial score (nSPS) is 26.6. The molecule has 5 nitrogen and oxygen atoms in total. The van der Waals surface area contributed by atoms with Crippen molar-refractivity contribution in [3.05, 3.63) is 0 Å². The third kappa shape index (κ3) is 4.09. The highest BCUT2D eigenvalue weighted by molar-refractivity contribution is 7.91. The zero-order chi connectivity index (χ0) is 16.5. The fourth-order valence-electron chi connectivity index (χ4n) is 2.74. The zero-order valence-corrected chi connectivity index (χ0v) is 12.7. The number of rotatable bonds is 4. The summed E-state index contributed by atoms with van der Waals surface area (Å²) >= 11 is 0. The van der Waals surface area contributed by atoms with Crippen molar-refractivity contribution in [1.82, 2.24) is 9.80 Å². The van der Waals surface area contributed by atoms with Gasteiger partial charge in [0.1, 0.15) is 0 Å². The molecule has 2 saturated heterocycles. The van der Waals surface area contributed by atoms with Crippen LogP contribution in [0, 0.1) is 5.92 Å². The summed E-state index contributed by atoms with van der Waals surface area (Å²) in [5.41, 5.74) is 0. The monoisotopic (exact) mass is 346 g/mol. The van der Waals surface area contributed by atoms with Crippen molar-refractivity contribution in [2.45, 2.75) is 18.8 Å². The van der Waals surface area contributed by atoms with E-state index in [-0.39, 0.29) is 50.0 Å². The lowest BCUT2D eigenvalue weighted by atomic mass is 10.1. The predicted octanol–water partition coefficient (Wildman–Crippen LogP) is 0.466. The van der Waals surface area contributed by atoms with Gasteiger partial charge >= 0.3 is 12.3 Å². The van der Waals surface area contributed by atoms with Crippen molar-refractivity contribution in [3.63, 3.8) is 0 Å². The number of hydrogen-bond acceptors (Lipinski definition) is 4. The summed E-state index contributed by atoms with van der Waals surface area (Å²) in [5.74, 6) is -5.11. The molecule has 22 heavy (non-hydrogen) atoms. The molecule has 1 unspecified atom stereocenters. The second kappa shape index (κ2) is 6.31. The Morgan fingerprint density at radius 3 is 2.23 bits per heavy atom. The number of halogens is 4. The van der Waals surface area contributed by atoms with E-state index < -0.39 is 34.6 Å². The van der Waals surface area contributed by atoms with Crippen molar-refractivity contribution in [1.29, 1.82) is 0 Å². The molecule has 2 fully saturated rings. The average molecular weight is 346 g/mol. The van der Waals surface area contributed by atoms with Gasteiger partial charge in [-0.2, -0.15) is 8.78 Å². The SMILES string of the molecule is O=C(C1CCS(=O)(=O)C1)N1CCN(CC(F)(F)C(F)F)CC1. The topological polar surface area (TPSA) is 57.7 Å². The molecular formula is C12H18F4N2O3S. The zero-order valence-electron chi connectivity index (χ0n) is 11.9. The van der Waals surface area contributed by atoms with Crippen LogP contribution in [0.15, 0.2) is 0 Å². The molecule has 128 valence electrons. The van der Waals surface area contributed by atoms with Crippen molar-refractivity contribution >= 4 is 15.7 Å². The summed E-state index contributed by atoms with van der Waals surface area (Å²) in [6.07, 6.45) is -3.43. The van der Waals surface area contributed by atoms with Gasteiger partial charge in [0.15, 0.2) is 9.84 Å². The maximum Gasteiger partial charge on any atom is 0.319 e. The van der Waals surface area contributed by atoms with Crippen LogP contribution in [0.25, 0.3) is 0 Å². The summed E-state index contributed by atoms with van der Waals surface area (Å²) in [5, 5.41) is 0. The number of carbonyl (C=O) groups excluding carboxylic acids is 1. The van der Waals surface area contributed by atoms with E-state index in [1.807, 2.05) is 0 Å². The second-order valence-corrected chi connectivity index (χ2v) is 7.99. The van der Waals surface area contributed by atoms with Crippen molar-refractivity contribution < 1.29 is 30.8 Å². The molecule has 2 aliphatic heterocycles. The van der Waals surface area contributed by atoms with Crippen LogP contribution in [0.5, 0.6) is 0 Å². The lowest BCUT2D eigenvalue weighted by Gasteiger charge is -2.37. The van der Waals surface area contributed by atoms with Gasteiger partial charge in [0.2, 0.25) is 5.91 Å². The van der Waals surface area contributed by atoms with E-state index in [2.05, 4.69) is 0 Å². The number of nitrogens with zero attached hydrogens (tertiary/aromatic N) is 2. The fraction of sp³-hybridized carbons (Fsp3) is 0.917. The quantitative estimate of drug-likeness (QED) is 0.695. The van der Waals surface area contributed by atoms with E-state index in [0.29, 0.717) is 0 Å². The van der Waals surface area contributed by atoms with Crippen molar-refractivity contribution in [3.8, 4) is 0 Å². The highest BCUT2D eigenvalue weighted by Crippen LogP contribution is 2.25. The highest BCUT2D eigenvalue weighted by atomic mass is 32.2. The molecular weight excluding hydrogens is 328 g/mol. The van der Waals surface area contributed by atoms with Crippen LogP contribution in [0.4, 0.5) is 17.6 Å². The molecule has 0 N–H and O–H groups in total. The van der Waals surface area contributed by atoms with Gasteiger partial charge in [-0.1, -0.05) is 0 Å². The Bertz CT molecular complexity index is 518. The number of amides is 1. The van der Waals surface area contributed by atoms with Gasteiger partial charge < -0.3 is 4.90 Å². The van der Waals surface area contributed by atoms with Gasteiger partial charge in [-0.05, 0) is 6.42 Å². The summed E-state index contributed by atoms with van der Waals surface area (Å²) in [6, 6.07) is 0. The molecule has 1 atom stereocenters. The van der Waals surface area contributed by atoms with E-state index in [0.717, 1.165) is 0 Å². The van der Waals surface area contributed by atoms with Crippen molar-refractivity contribution in [2.75, 3.05) is 44.2 Å². The molecule has 0 bridgehead atoms. The number of carbonyl (C=O) groups is 1. The molecule has 0 spiro atoms. The third-order valence-electron chi connectivity index (χ3n) is 4.02. The van der Waals surface area contributed by atoms with E-state index in [9.17, 15) is 30.8 Å². The average Bonchev–Trinajstić information content (AvgIpc) is 2.78. The van der Waals surface area contributed by atoms with E-state index in [1.165, 1.54) is 9.80 Å². The van der Waals surface area contributed by atoms with Gasteiger partial charge in [-0.15, -0.1) is 0 Å². The number of alkyl halides is 4. The largest absolute Gasteiger partial charge is 0.340 e. The molecule has 10 heteroatoms. The summed E-state index contributed by atoms with van der Waals surface area (Å²) in [4.78, 5) is 14.8. The van der Waals surface area contributed by atoms with Gasteiger partial charge in [0, 0.05) is 26.2 Å². The van der Waals surface area contributed by atoms with E-state index in [1.54, 1.807) is 0 Å². The lowest BCUT2D eigenvalue weighted by Crippen LogP contribution is -2.53. The van der Waals surface area contributed by atoms with Crippen LogP contribution in [0.1, 0.15) is 6.42 Å². The lowest BCUT2D eigenvalue weighted by molar-refractivity contribution is -0.149. The fourth-order valence-corrected chi connectivity index (χ4v) is 4.47. The Morgan fingerprint density at radius 1 is 1.18 bits per heavy atom. The first-order valence-corrected chi connectivity index (χ1v) is 8.80. The van der Waals surface area contributed by atoms with Gasteiger partial charge in [-0.25, -0.2) is 17.2 Å².